The normalized spacial score (nSPS) is 10.7. The fourth-order valence-corrected chi connectivity index (χ4v) is 4.24. The molecule has 37 heavy (non-hydrogen) atoms. The molecule has 0 saturated carbocycles. The maximum absolute atomic E-state index is 13.2. The van der Waals surface area contributed by atoms with Gasteiger partial charge < -0.3 is 9.88 Å². The highest BCUT2D eigenvalue weighted by Gasteiger charge is 2.11. The summed E-state index contributed by atoms with van der Waals surface area (Å²) in [6, 6.07) is 15.4. The number of carbonyl (C=O) groups is 2. The molecule has 182 valence electrons. The van der Waals surface area contributed by atoms with Gasteiger partial charge in [-0.1, -0.05) is 24.1 Å². The number of anilines is 1. The number of rotatable bonds is 5. The third-order valence-corrected chi connectivity index (χ3v) is 6.02. The first-order chi connectivity index (χ1) is 17.9. The highest BCUT2D eigenvalue weighted by atomic mass is 16.1. The molecule has 0 fully saturated rings. The second-order valence-electron chi connectivity index (χ2n) is 8.97. The second-order valence-corrected chi connectivity index (χ2v) is 8.97. The molecular weight excluding hydrogens is 462 g/mol. The van der Waals surface area contributed by atoms with Crippen LogP contribution in [0.2, 0.25) is 0 Å². The smallest absolute Gasteiger partial charge is 0.221 e. The van der Waals surface area contributed by atoms with E-state index < -0.39 is 0 Å². The van der Waals surface area contributed by atoms with Gasteiger partial charge in [-0.15, -0.1) is 0 Å². The summed E-state index contributed by atoms with van der Waals surface area (Å²) in [6.07, 6.45) is 9.18. The standard InChI is InChI=1S/C30H25N5O2/c1-20-13-23(15-27(14-20)34-12-10-31-19-34)16-29(37)25-7-6-21(2)24(17-25)8-9-26-18-32-30-28(33-22(3)36)5-4-11-35(26)30/h4-7,10-15,17-19H,16H2,1-3H3,(H,33,36). The van der Waals surface area contributed by atoms with E-state index >= 15 is 0 Å². The first-order valence-electron chi connectivity index (χ1n) is 11.9. The van der Waals surface area contributed by atoms with Crippen molar-refractivity contribution in [2.24, 2.45) is 0 Å². The molecule has 0 atom stereocenters. The Morgan fingerprint density at radius 3 is 2.68 bits per heavy atom. The van der Waals surface area contributed by atoms with Crippen molar-refractivity contribution in [2.75, 3.05) is 5.32 Å². The zero-order valence-electron chi connectivity index (χ0n) is 20.8. The fourth-order valence-electron chi connectivity index (χ4n) is 4.24. The van der Waals surface area contributed by atoms with Crippen LogP contribution in [0.4, 0.5) is 5.69 Å². The molecule has 0 aliphatic heterocycles. The summed E-state index contributed by atoms with van der Waals surface area (Å²) in [7, 11) is 0. The molecule has 5 aromatic rings. The number of aryl methyl sites for hydroxylation is 2. The number of amides is 1. The van der Waals surface area contributed by atoms with Gasteiger partial charge in [-0.05, 0) is 66.8 Å². The second kappa shape index (κ2) is 9.96. The predicted molar refractivity (Wildman–Crippen MR) is 143 cm³/mol. The average Bonchev–Trinajstić information content (AvgIpc) is 3.54. The summed E-state index contributed by atoms with van der Waals surface area (Å²) in [4.78, 5) is 33.2. The highest BCUT2D eigenvalue weighted by molar-refractivity contribution is 5.98. The molecule has 1 amide bonds. The molecule has 0 aliphatic carbocycles. The SMILES string of the molecule is CC(=O)Nc1cccn2c(C#Cc3cc(C(=O)Cc4cc(C)cc(-n5ccnc5)c4)ccc3C)cnc12. The van der Waals surface area contributed by atoms with Gasteiger partial charge in [0.05, 0.1) is 18.2 Å². The quantitative estimate of drug-likeness (QED) is 0.282. The number of Topliss-reactive ketones (excluding diaryl/α,β-unsaturated/α-hetero) is 1. The summed E-state index contributed by atoms with van der Waals surface area (Å²) in [5.74, 6) is 6.24. The van der Waals surface area contributed by atoms with Crippen molar-refractivity contribution in [3.63, 3.8) is 0 Å². The average molecular weight is 488 g/mol. The van der Waals surface area contributed by atoms with Crippen molar-refractivity contribution >= 4 is 23.0 Å². The van der Waals surface area contributed by atoms with Crippen LogP contribution in [0.15, 0.2) is 79.6 Å². The molecule has 3 aromatic heterocycles. The molecule has 0 bridgehead atoms. The number of pyridine rings is 1. The van der Waals surface area contributed by atoms with E-state index in [1.165, 1.54) is 6.92 Å². The lowest BCUT2D eigenvalue weighted by Gasteiger charge is -2.09. The molecule has 5 rings (SSSR count). The summed E-state index contributed by atoms with van der Waals surface area (Å²) >= 11 is 0. The Hall–Kier alpha value is -4.96. The topological polar surface area (TPSA) is 81.3 Å². The van der Waals surface area contributed by atoms with E-state index in [2.05, 4.69) is 33.2 Å². The molecule has 7 heteroatoms. The minimum Gasteiger partial charge on any atom is -0.323 e. The highest BCUT2D eigenvalue weighted by Crippen LogP contribution is 2.19. The Bertz CT molecular complexity index is 1700. The van der Waals surface area contributed by atoms with Gasteiger partial charge in [0.2, 0.25) is 5.91 Å². The molecule has 2 aromatic carbocycles. The Kier molecular flexibility index (Phi) is 6.40. The molecule has 0 spiro atoms. The molecule has 0 unspecified atom stereocenters. The number of fused-ring (bicyclic) bond motifs is 1. The molecule has 7 nitrogen and oxygen atoms in total. The third-order valence-electron chi connectivity index (χ3n) is 6.02. The number of imidazole rings is 2. The van der Waals surface area contributed by atoms with Crippen LogP contribution in [0.3, 0.4) is 0 Å². The number of nitrogens with zero attached hydrogens (tertiary/aromatic N) is 4. The van der Waals surface area contributed by atoms with E-state index in [4.69, 9.17) is 0 Å². The number of aromatic nitrogens is 4. The molecular formula is C30H25N5O2. The number of hydrogen-bond acceptors (Lipinski definition) is 4. The molecule has 1 N–H and O–H groups in total. The minimum atomic E-state index is -0.163. The van der Waals surface area contributed by atoms with Gasteiger partial charge in [0.25, 0.3) is 0 Å². The monoisotopic (exact) mass is 487 g/mol. The van der Waals surface area contributed by atoms with Crippen LogP contribution in [0.25, 0.3) is 11.3 Å². The van der Waals surface area contributed by atoms with Crippen molar-refractivity contribution in [3.8, 4) is 17.5 Å². The van der Waals surface area contributed by atoms with Crippen LogP contribution in [-0.4, -0.2) is 30.6 Å². The van der Waals surface area contributed by atoms with Crippen molar-refractivity contribution in [1.29, 1.82) is 0 Å². The number of nitrogens with one attached hydrogen (secondary N) is 1. The van der Waals surface area contributed by atoms with Crippen molar-refractivity contribution < 1.29 is 9.59 Å². The zero-order valence-corrected chi connectivity index (χ0v) is 20.8. The van der Waals surface area contributed by atoms with Crippen LogP contribution in [-0.2, 0) is 11.2 Å². The number of carbonyl (C=O) groups excluding carboxylic acids is 2. The Morgan fingerprint density at radius 2 is 1.89 bits per heavy atom. The first kappa shape index (κ1) is 23.8. The number of hydrogen-bond donors (Lipinski definition) is 1. The van der Waals surface area contributed by atoms with Crippen LogP contribution in [0, 0.1) is 25.7 Å². The van der Waals surface area contributed by atoms with Crippen molar-refractivity contribution in [1.82, 2.24) is 18.9 Å². The number of ketones is 1. The summed E-state index contributed by atoms with van der Waals surface area (Å²) in [5, 5.41) is 2.79. The van der Waals surface area contributed by atoms with Gasteiger partial charge in [0, 0.05) is 48.7 Å². The Balaban J connectivity index is 1.41. The van der Waals surface area contributed by atoms with E-state index in [0.29, 0.717) is 29.0 Å². The van der Waals surface area contributed by atoms with Crippen molar-refractivity contribution in [3.05, 3.63) is 113 Å². The van der Waals surface area contributed by atoms with Gasteiger partial charge >= 0.3 is 0 Å². The van der Waals surface area contributed by atoms with Gasteiger partial charge in [-0.3, -0.25) is 14.0 Å². The van der Waals surface area contributed by atoms with Crippen LogP contribution in [0.1, 0.15) is 45.2 Å². The van der Waals surface area contributed by atoms with E-state index in [1.54, 1.807) is 24.8 Å². The summed E-state index contributed by atoms with van der Waals surface area (Å²) in [6.45, 7) is 5.45. The molecule has 0 radical (unpaired) electrons. The summed E-state index contributed by atoms with van der Waals surface area (Å²) < 4.78 is 3.76. The van der Waals surface area contributed by atoms with E-state index in [1.807, 2.05) is 71.6 Å². The Morgan fingerprint density at radius 1 is 1.03 bits per heavy atom. The lowest BCUT2D eigenvalue weighted by molar-refractivity contribution is -0.114. The van der Waals surface area contributed by atoms with E-state index in [9.17, 15) is 9.59 Å². The fraction of sp³-hybridized carbons (Fsp3) is 0.133. The maximum Gasteiger partial charge on any atom is 0.221 e. The molecule has 3 heterocycles. The van der Waals surface area contributed by atoms with Gasteiger partial charge in [0.15, 0.2) is 11.4 Å². The third kappa shape index (κ3) is 5.19. The van der Waals surface area contributed by atoms with Gasteiger partial charge in [-0.2, -0.15) is 0 Å². The number of benzene rings is 2. The van der Waals surface area contributed by atoms with E-state index in [0.717, 1.165) is 27.9 Å². The minimum absolute atomic E-state index is 0.0278. The predicted octanol–water partition coefficient (Wildman–Crippen LogP) is 4.92. The van der Waals surface area contributed by atoms with E-state index in [-0.39, 0.29) is 11.7 Å². The van der Waals surface area contributed by atoms with Crippen LogP contribution >= 0.6 is 0 Å². The summed E-state index contributed by atoms with van der Waals surface area (Å²) in [5.41, 5.74) is 7.32. The molecule has 0 aliphatic rings. The van der Waals surface area contributed by atoms with Crippen molar-refractivity contribution in [2.45, 2.75) is 27.2 Å². The van der Waals surface area contributed by atoms with Gasteiger partial charge in [0.1, 0.15) is 5.69 Å². The Labute approximate surface area is 214 Å². The lowest BCUT2D eigenvalue weighted by Crippen LogP contribution is -2.07. The van der Waals surface area contributed by atoms with Crippen LogP contribution in [0.5, 0.6) is 0 Å². The van der Waals surface area contributed by atoms with Crippen LogP contribution < -0.4 is 5.32 Å². The van der Waals surface area contributed by atoms with Gasteiger partial charge in [-0.25, -0.2) is 9.97 Å². The largest absolute Gasteiger partial charge is 0.323 e. The lowest BCUT2D eigenvalue weighted by atomic mass is 9.98. The first-order valence-corrected chi connectivity index (χ1v) is 11.9. The zero-order chi connectivity index (χ0) is 25.9. The maximum atomic E-state index is 13.2. The molecule has 0 saturated heterocycles.